The van der Waals surface area contributed by atoms with E-state index in [9.17, 15) is 9.59 Å². The summed E-state index contributed by atoms with van der Waals surface area (Å²) in [4.78, 5) is 24.1. The Hall–Kier alpha value is -2.45. The monoisotopic (exact) mass is 420 g/mol. The van der Waals surface area contributed by atoms with Gasteiger partial charge in [0.1, 0.15) is 5.82 Å². The van der Waals surface area contributed by atoms with Crippen LogP contribution in [0.1, 0.15) is 38.9 Å². The number of carbonyl (C=O) groups excluding carboxylic acids is 2. The van der Waals surface area contributed by atoms with E-state index < -0.39 is 6.04 Å². The van der Waals surface area contributed by atoms with Gasteiger partial charge in [0.15, 0.2) is 5.82 Å². The maximum absolute atomic E-state index is 12.2. The van der Waals surface area contributed by atoms with Gasteiger partial charge in [-0.05, 0) is 30.9 Å². The molecule has 158 valence electrons. The fourth-order valence-corrected chi connectivity index (χ4v) is 3.23. The van der Waals surface area contributed by atoms with Gasteiger partial charge >= 0.3 is 0 Å². The van der Waals surface area contributed by atoms with Crippen molar-refractivity contribution in [3.63, 3.8) is 0 Å². The Balaban J connectivity index is 0.00000300. The molecule has 0 fully saturated rings. The van der Waals surface area contributed by atoms with E-state index in [2.05, 4.69) is 25.4 Å². The molecule has 0 aliphatic carbocycles. The first-order valence-corrected chi connectivity index (χ1v) is 9.81. The highest BCUT2D eigenvalue weighted by Crippen LogP contribution is 2.24. The highest BCUT2D eigenvalue weighted by molar-refractivity contribution is 5.95. The van der Waals surface area contributed by atoms with E-state index in [0.29, 0.717) is 5.69 Å². The molecule has 0 saturated carbocycles. The molecule has 1 aromatic carbocycles. The molecule has 1 aliphatic heterocycles. The number of hydrogen-bond acceptors (Lipinski definition) is 5. The Morgan fingerprint density at radius 1 is 1.21 bits per heavy atom. The Morgan fingerprint density at radius 3 is 2.76 bits per heavy atom. The number of halogens is 1. The summed E-state index contributed by atoms with van der Waals surface area (Å²) in [7, 11) is 0. The molecule has 9 heteroatoms. The molecule has 0 bridgehead atoms. The minimum Gasteiger partial charge on any atom is -0.346 e. The van der Waals surface area contributed by atoms with Crippen molar-refractivity contribution in [1.29, 1.82) is 0 Å². The van der Waals surface area contributed by atoms with E-state index in [1.54, 1.807) is 0 Å². The summed E-state index contributed by atoms with van der Waals surface area (Å²) in [6.45, 7) is 4.52. The molecule has 2 heterocycles. The summed E-state index contributed by atoms with van der Waals surface area (Å²) in [5.41, 5.74) is 7.34. The predicted octanol–water partition coefficient (Wildman–Crippen LogP) is 2.13. The SMILES string of the molecule is CC(C)[C@H](N)C(=O)NCC(=O)Nc1cccc(-c2nnc3n2CCCCC3)c1.Cl. The zero-order chi connectivity index (χ0) is 20.1. The third-order valence-corrected chi connectivity index (χ3v) is 4.96. The van der Waals surface area contributed by atoms with Crippen LogP contribution in [0.5, 0.6) is 0 Å². The number of aromatic nitrogens is 3. The Bertz CT molecular complexity index is 851. The van der Waals surface area contributed by atoms with Crippen LogP contribution >= 0.6 is 12.4 Å². The minimum atomic E-state index is -0.626. The number of fused-ring (bicyclic) bond motifs is 1. The molecule has 4 N–H and O–H groups in total. The fourth-order valence-electron chi connectivity index (χ4n) is 3.23. The molecule has 3 rings (SSSR count). The Labute approximate surface area is 177 Å². The van der Waals surface area contributed by atoms with Gasteiger partial charge in [-0.1, -0.05) is 32.4 Å². The summed E-state index contributed by atoms with van der Waals surface area (Å²) in [5.74, 6) is 1.22. The maximum atomic E-state index is 12.2. The molecule has 2 aromatic rings. The van der Waals surface area contributed by atoms with Crippen LogP contribution in [0.15, 0.2) is 24.3 Å². The standard InChI is InChI=1S/C20H28N6O2.ClH/c1-13(2)18(21)20(28)22-12-17(27)23-15-8-6-7-14(11-15)19-25-24-16-9-4-3-5-10-26(16)19;/h6-8,11,13,18H,3-5,9-10,12,21H2,1-2H3,(H,22,28)(H,23,27);1H/t18-;/m0./s1. The minimum absolute atomic E-state index is 0. The van der Waals surface area contributed by atoms with Gasteiger partial charge in [0, 0.05) is 24.2 Å². The number of carbonyl (C=O) groups is 2. The number of anilines is 1. The summed E-state index contributed by atoms with van der Waals surface area (Å²) >= 11 is 0. The number of benzene rings is 1. The Kier molecular flexibility index (Phi) is 8.16. The number of rotatable bonds is 6. The van der Waals surface area contributed by atoms with Crippen molar-refractivity contribution in [3.05, 3.63) is 30.1 Å². The molecule has 8 nitrogen and oxygen atoms in total. The lowest BCUT2D eigenvalue weighted by molar-refractivity contribution is -0.125. The zero-order valence-corrected chi connectivity index (χ0v) is 17.7. The lowest BCUT2D eigenvalue weighted by Gasteiger charge is -2.15. The van der Waals surface area contributed by atoms with Gasteiger partial charge in [0.05, 0.1) is 12.6 Å². The van der Waals surface area contributed by atoms with Crippen molar-refractivity contribution in [2.24, 2.45) is 11.7 Å². The zero-order valence-electron chi connectivity index (χ0n) is 16.9. The second kappa shape index (κ2) is 10.4. The smallest absolute Gasteiger partial charge is 0.243 e. The van der Waals surface area contributed by atoms with Crippen LogP contribution in [0.2, 0.25) is 0 Å². The molecule has 0 unspecified atom stereocenters. The summed E-state index contributed by atoms with van der Waals surface area (Å²) in [6.07, 6.45) is 4.40. The van der Waals surface area contributed by atoms with Crippen LogP contribution in [-0.2, 0) is 22.6 Å². The van der Waals surface area contributed by atoms with Crippen molar-refractivity contribution < 1.29 is 9.59 Å². The first-order chi connectivity index (χ1) is 13.5. The highest BCUT2D eigenvalue weighted by atomic mass is 35.5. The van der Waals surface area contributed by atoms with Crippen molar-refractivity contribution >= 4 is 29.9 Å². The molecule has 1 aromatic heterocycles. The van der Waals surface area contributed by atoms with E-state index >= 15 is 0 Å². The summed E-state index contributed by atoms with van der Waals surface area (Å²) in [6, 6.07) is 6.89. The van der Waals surface area contributed by atoms with Gasteiger partial charge in [-0.3, -0.25) is 9.59 Å². The molecule has 29 heavy (non-hydrogen) atoms. The number of nitrogens with zero attached hydrogens (tertiary/aromatic N) is 3. The van der Waals surface area contributed by atoms with E-state index in [1.165, 1.54) is 6.42 Å². The number of hydrogen-bond donors (Lipinski definition) is 3. The first-order valence-electron chi connectivity index (χ1n) is 9.81. The molecule has 0 radical (unpaired) electrons. The summed E-state index contributed by atoms with van der Waals surface area (Å²) in [5, 5.41) is 14.1. The van der Waals surface area contributed by atoms with Crippen molar-refractivity contribution in [3.8, 4) is 11.4 Å². The fraction of sp³-hybridized carbons (Fsp3) is 0.500. The van der Waals surface area contributed by atoms with Crippen LogP contribution in [0.4, 0.5) is 5.69 Å². The van der Waals surface area contributed by atoms with E-state index in [1.807, 2.05) is 38.1 Å². The van der Waals surface area contributed by atoms with Crippen LogP contribution in [0, 0.1) is 5.92 Å². The maximum Gasteiger partial charge on any atom is 0.243 e. The van der Waals surface area contributed by atoms with Gasteiger partial charge in [-0.25, -0.2) is 0 Å². The van der Waals surface area contributed by atoms with Crippen molar-refractivity contribution in [1.82, 2.24) is 20.1 Å². The highest BCUT2D eigenvalue weighted by Gasteiger charge is 2.18. The van der Waals surface area contributed by atoms with Gasteiger partial charge in [-0.2, -0.15) is 0 Å². The van der Waals surface area contributed by atoms with Gasteiger partial charge in [0.25, 0.3) is 0 Å². The van der Waals surface area contributed by atoms with E-state index in [0.717, 1.165) is 43.0 Å². The van der Waals surface area contributed by atoms with Gasteiger partial charge in [-0.15, -0.1) is 22.6 Å². The Morgan fingerprint density at radius 2 is 2.00 bits per heavy atom. The van der Waals surface area contributed by atoms with Crippen LogP contribution in [0.3, 0.4) is 0 Å². The molecular weight excluding hydrogens is 392 g/mol. The second-order valence-corrected chi connectivity index (χ2v) is 7.52. The first kappa shape index (κ1) is 22.8. The van der Waals surface area contributed by atoms with E-state index in [4.69, 9.17) is 5.73 Å². The normalized spacial score (nSPS) is 14.3. The summed E-state index contributed by atoms with van der Waals surface area (Å²) < 4.78 is 2.17. The lowest BCUT2D eigenvalue weighted by atomic mass is 10.1. The van der Waals surface area contributed by atoms with Crippen LogP contribution in [0.25, 0.3) is 11.4 Å². The van der Waals surface area contributed by atoms with Crippen molar-refractivity contribution in [2.45, 2.75) is 52.1 Å². The topological polar surface area (TPSA) is 115 Å². The molecule has 1 atom stereocenters. The largest absolute Gasteiger partial charge is 0.346 e. The average Bonchev–Trinajstić information content (AvgIpc) is 2.94. The molecule has 0 spiro atoms. The number of amides is 2. The molecular formula is C20H29ClN6O2. The quantitative estimate of drug-likeness (QED) is 0.662. The third kappa shape index (κ3) is 5.77. The second-order valence-electron chi connectivity index (χ2n) is 7.52. The lowest BCUT2D eigenvalue weighted by Crippen LogP contribution is -2.46. The number of aryl methyl sites for hydroxylation is 1. The molecule has 0 saturated heterocycles. The number of nitrogens with one attached hydrogen (secondary N) is 2. The van der Waals surface area contributed by atoms with Crippen LogP contribution in [-0.4, -0.2) is 39.2 Å². The number of nitrogens with two attached hydrogens (primary N) is 1. The van der Waals surface area contributed by atoms with E-state index in [-0.39, 0.29) is 36.7 Å². The molecule has 1 aliphatic rings. The van der Waals surface area contributed by atoms with Gasteiger partial charge in [0.2, 0.25) is 11.8 Å². The van der Waals surface area contributed by atoms with Crippen LogP contribution < -0.4 is 16.4 Å². The average molecular weight is 421 g/mol. The molecule has 2 amide bonds. The van der Waals surface area contributed by atoms with Crippen molar-refractivity contribution in [2.75, 3.05) is 11.9 Å². The predicted molar refractivity (Wildman–Crippen MR) is 115 cm³/mol. The van der Waals surface area contributed by atoms with Gasteiger partial charge < -0.3 is 20.9 Å². The third-order valence-electron chi connectivity index (χ3n) is 4.96.